The van der Waals surface area contributed by atoms with Gasteiger partial charge < -0.3 is 0 Å². The Labute approximate surface area is 175 Å². The van der Waals surface area contributed by atoms with Gasteiger partial charge in [0.05, 0.1) is 0 Å². The lowest BCUT2D eigenvalue weighted by molar-refractivity contribution is 0.207. The first-order valence-electron chi connectivity index (χ1n) is 11.6. The van der Waals surface area contributed by atoms with E-state index in [2.05, 4.69) is 26.0 Å². The standard InChI is InChI=1S/C27H36F2/c1-4-6-8-20(7-5-2)21-9-11-22(12-10-21)23-13-15-24(16-14-23)25-17-26(28)19(3)27(29)18-25/h13-18,20-22H,4-12H2,1-3H3. The van der Waals surface area contributed by atoms with Gasteiger partial charge in [0.2, 0.25) is 0 Å². The summed E-state index contributed by atoms with van der Waals surface area (Å²) in [6.07, 6.45) is 12.0. The van der Waals surface area contributed by atoms with Crippen molar-refractivity contribution in [3.05, 3.63) is 59.2 Å². The first-order chi connectivity index (χ1) is 14.0. The van der Waals surface area contributed by atoms with Crippen molar-refractivity contribution in [2.24, 2.45) is 11.8 Å². The maximum absolute atomic E-state index is 13.9. The van der Waals surface area contributed by atoms with Gasteiger partial charge in [-0.05, 0) is 79.2 Å². The molecular weight excluding hydrogens is 362 g/mol. The Kier molecular flexibility index (Phi) is 7.86. The number of benzene rings is 2. The summed E-state index contributed by atoms with van der Waals surface area (Å²) in [7, 11) is 0. The van der Waals surface area contributed by atoms with Gasteiger partial charge in [0.15, 0.2) is 0 Å². The monoisotopic (exact) mass is 398 g/mol. The molecule has 1 saturated carbocycles. The molecule has 2 aromatic rings. The van der Waals surface area contributed by atoms with Crippen molar-refractivity contribution >= 4 is 0 Å². The Morgan fingerprint density at radius 2 is 1.45 bits per heavy atom. The summed E-state index contributed by atoms with van der Waals surface area (Å²) in [5, 5.41) is 0. The summed E-state index contributed by atoms with van der Waals surface area (Å²) in [4.78, 5) is 0. The smallest absolute Gasteiger partial charge is 0.129 e. The van der Waals surface area contributed by atoms with Gasteiger partial charge in [-0.3, -0.25) is 0 Å². The number of hydrogen-bond acceptors (Lipinski definition) is 0. The molecule has 0 aliphatic heterocycles. The summed E-state index contributed by atoms with van der Waals surface area (Å²) in [5.74, 6) is 1.48. The van der Waals surface area contributed by atoms with Crippen molar-refractivity contribution in [3.63, 3.8) is 0 Å². The Morgan fingerprint density at radius 1 is 0.828 bits per heavy atom. The van der Waals surface area contributed by atoms with Gasteiger partial charge in [-0.2, -0.15) is 0 Å². The van der Waals surface area contributed by atoms with Crippen LogP contribution in [0.4, 0.5) is 8.78 Å². The third-order valence-electron chi connectivity index (χ3n) is 7.02. The highest BCUT2D eigenvalue weighted by molar-refractivity contribution is 5.64. The van der Waals surface area contributed by atoms with Gasteiger partial charge in [0, 0.05) is 5.56 Å². The molecule has 1 unspecified atom stereocenters. The molecule has 0 spiro atoms. The van der Waals surface area contributed by atoms with E-state index in [1.54, 1.807) is 0 Å². The number of unbranched alkanes of at least 4 members (excludes halogenated alkanes) is 1. The highest BCUT2D eigenvalue weighted by Crippen LogP contribution is 2.41. The molecule has 0 saturated heterocycles. The number of rotatable bonds is 8. The summed E-state index contributed by atoms with van der Waals surface area (Å²) < 4.78 is 27.8. The zero-order valence-corrected chi connectivity index (χ0v) is 18.3. The fourth-order valence-corrected chi connectivity index (χ4v) is 5.14. The molecule has 0 bridgehead atoms. The van der Waals surface area contributed by atoms with Crippen LogP contribution in [0.1, 0.15) is 88.7 Å². The van der Waals surface area contributed by atoms with Crippen LogP contribution in [0.15, 0.2) is 36.4 Å². The fourth-order valence-electron chi connectivity index (χ4n) is 5.14. The zero-order chi connectivity index (χ0) is 20.8. The van der Waals surface area contributed by atoms with Crippen LogP contribution < -0.4 is 0 Å². The molecule has 158 valence electrons. The molecule has 0 heterocycles. The summed E-state index contributed by atoms with van der Waals surface area (Å²) in [6, 6.07) is 11.2. The molecule has 1 aliphatic carbocycles. The van der Waals surface area contributed by atoms with Crippen molar-refractivity contribution in [3.8, 4) is 11.1 Å². The van der Waals surface area contributed by atoms with E-state index in [-0.39, 0.29) is 5.56 Å². The van der Waals surface area contributed by atoms with Crippen LogP contribution in [0.3, 0.4) is 0 Å². The third kappa shape index (κ3) is 5.47. The van der Waals surface area contributed by atoms with Gasteiger partial charge in [-0.15, -0.1) is 0 Å². The molecule has 0 radical (unpaired) electrons. The topological polar surface area (TPSA) is 0 Å². The molecule has 1 aliphatic rings. The molecule has 1 fully saturated rings. The first-order valence-corrected chi connectivity index (χ1v) is 11.6. The van der Waals surface area contributed by atoms with Gasteiger partial charge in [-0.1, -0.05) is 70.2 Å². The van der Waals surface area contributed by atoms with Gasteiger partial charge in [0.25, 0.3) is 0 Å². The predicted molar refractivity (Wildman–Crippen MR) is 119 cm³/mol. The second-order valence-corrected chi connectivity index (χ2v) is 8.99. The Morgan fingerprint density at radius 3 is 2.00 bits per heavy atom. The maximum Gasteiger partial charge on any atom is 0.129 e. The van der Waals surface area contributed by atoms with Crippen LogP contribution in [0.5, 0.6) is 0 Å². The molecular formula is C27H36F2. The number of hydrogen-bond donors (Lipinski definition) is 0. The second kappa shape index (κ2) is 10.4. The minimum absolute atomic E-state index is 0.0856. The van der Waals surface area contributed by atoms with Crippen molar-refractivity contribution in [1.29, 1.82) is 0 Å². The molecule has 0 amide bonds. The van der Waals surface area contributed by atoms with Gasteiger partial charge in [0.1, 0.15) is 11.6 Å². The van der Waals surface area contributed by atoms with E-state index in [1.807, 2.05) is 12.1 Å². The minimum atomic E-state index is -0.480. The highest BCUT2D eigenvalue weighted by atomic mass is 19.1. The Hall–Kier alpha value is -1.70. The van der Waals surface area contributed by atoms with Crippen LogP contribution in [0.25, 0.3) is 11.1 Å². The summed E-state index contributed by atoms with van der Waals surface area (Å²) in [6.45, 7) is 6.09. The molecule has 2 heteroatoms. The average Bonchev–Trinajstić information content (AvgIpc) is 2.75. The van der Waals surface area contributed by atoms with Crippen molar-refractivity contribution < 1.29 is 8.78 Å². The zero-order valence-electron chi connectivity index (χ0n) is 18.3. The van der Waals surface area contributed by atoms with Crippen LogP contribution in [0.2, 0.25) is 0 Å². The van der Waals surface area contributed by atoms with Crippen LogP contribution in [-0.4, -0.2) is 0 Å². The SMILES string of the molecule is CCCCC(CCC)C1CCC(c2ccc(-c3cc(F)c(C)c(F)c3)cc2)CC1. The number of halogens is 2. The van der Waals surface area contributed by atoms with Gasteiger partial charge in [-0.25, -0.2) is 8.78 Å². The lowest BCUT2D eigenvalue weighted by Crippen LogP contribution is -2.21. The van der Waals surface area contributed by atoms with E-state index in [0.29, 0.717) is 11.5 Å². The Balaban J connectivity index is 1.63. The van der Waals surface area contributed by atoms with Crippen LogP contribution in [-0.2, 0) is 0 Å². The molecule has 1 atom stereocenters. The molecule has 0 N–H and O–H groups in total. The van der Waals surface area contributed by atoms with Crippen molar-refractivity contribution in [1.82, 2.24) is 0 Å². The van der Waals surface area contributed by atoms with E-state index in [1.165, 1.54) is 82.4 Å². The van der Waals surface area contributed by atoms with E-state index in [4.69, 9.17) is 0 Å². The molecule has 0 nitrogen and oxygen atoms in total. The van der Waals surface area contributed by atoms with E-state index in [9.17, 15) is 8.78 Å². The van der Waals surface area contributed by atoms with E-state index in [0.717, 1.165) is 17.4 Å². The molecule has 0 aromatic heterocycles. The highest BCUT2D eigenvalue weighted by Gasteiger charge is 2.27. The maximum atomic E-state index is 13.9. The van der Waals surface area contributed by atoms with E-state index >= 15 is 0 Å². The van der Waals surface area contributed by atoms with Crippen molar-refractivity contribution in [2.45, 2.75) is 84.5 Å². The predicted octanol–water partition coefficient (Wildman–Crippen LogP) is 8.82. The third-order valence-corrected chi connectivity index (χ3v) is 7.02. The van der Waals surface area contributed by atoms with Gasteiger partial charge >= 0.3 is 0 Å². The second-order valence-electron chi connectivity index (χ2n) is 8.99. The quantitative estimate of drug-likeness (QED) is 0.416. The average molecular weight is 399 g/mol. The lowest BCUT2D eigenvalue weighted by Gasteiger charge is -2.34. The largest absolute Gasteiger partial charge is 0.207 e. The van der Waals surface area contributed by atoms with Crippen LogP contribution in [0, 0.1) is 30.4 Å². The first kappa shape index (κ1) is 22.0. The minimum Gasteiger partial charge on any atom is -0.207 e. The lowest BCUT2D eigenvalue weighted by atomic mass is 9.71. The Bertz CT molecular complexity index is 747. The summed E-state index contributed by atoms with van der Waals surface area (Å²) >= 11 is 0. The summed E-state index contributed by atoms with van der Waals surface area (Å²) in [5.41, 5.74) is 2.95. The fraction of sp³-hybridized carbons (Fsp3) is 0.556. The van der Waals surface area contributed by atoms with Crippen LogP contribution >= 0.6 is 0 Å². The van der Waals surface area contributed by atoms with Crippen molar-refractivity contribution in [2.75, 3.05) is 0 Å². The molecule has 29 heavy (non-hydrogen) atoms. The molecule has 2 aromatic carbocycles. The van der Waals surface area contributed by atoms with E-state index < -0.39 is 11.6 Å². The normalized spacial score (nSPS) is 20.6. The molecule has 3 rings (SSSR count).